The largest absolute Gasteiger partial charge is 0.311 e. The molecule has 10 heavy (non-hydrogen) atoms. The summed E-state index contributed by atoms with van der Waals surface area (Å²) in [6.45, 7) is 1.81. The number of hydrogen-bond donors (Lipinski definition) is 2. The Kier molecular flexibility index (Phi) is 1.82. The molecule has 4 nitrogen and oxygen atoms in total. The molecule has 0 aliphatic carbocycles. The van der Waals surface area contributed by atoms with Crippen LogP contribution in [0, 0.1) is 5.41 Å². The van der Waals surface area contributed by atoms with E-state index in [4.69, 9.17) is 11.1 Å². The van der Waals surface area contributed by atoms with Crippen molar-refractivity contribution in [2.45, 2.75) is 13.1 Å². The summed E-state index contributed by atoms with van der Waals surface area (Å²) in [4.78, 5) is 3.83. The number of aromatic nitrogens is 2. The molecule has 0 saturated carbocycles. The molecule has 1 rings (SSSR count). The summed E-state index contributed by atoms with van der Waals surface area (Å²) in [7, 11) is 0. The number of nitrogens with one attached hydrogen (secondary N) is 1. The molecule has 0 fully saturated rings. The molecule has 0 aromatic carbocycles. The lowest BCUT2D eigenvalue weighted by Crippen LogP contribution is -2.27. The third-order valence-corrected chi connectivity index (χ3v) is 1.23. The first kappa shape index (κ1) is 6.95. The van der Waals surface area contributed by atoms with Crippen LogP contribution in [0.1, 0.15) is 13.1 Å². The van der Waals surface area contributed by atoms with Crippen LogP contribution in [0.3, 0.4) is 0 Å². The average molecular weight is 138 g/mol. The fraction of sp³-hybridized carbons (Fsp3) is 0.333. The molecule has 1 aromatic heterocycles. The van der Waals surface area contributed by atoms with Crippen LogP contribution in [0.4, 0.5) is 0 Å². The highest BCUT2D eigenvalue weighted by Crippen LogP contribution is 1.86. The predicted octanol–water partition coefficient (Wildman–Crippen LogP) is -0.160. The number of hydrogen-bond acceptors (Lipinski definition) is 3. The first-order valence-electron chi connectivity index (χ1n) is 3.04. The van der Waals surface area contributed by atoms with Crippen LogP contribution in [0.5, 0.6) is 0 Å². The molecule has 1 aromatic rings. The number of nitrogens with two attached hydrogens (primary N) is 1. The third-order valence-electron chi connectivity index (χ3n) is 1.23. The molecule has 0 aliphatic heterocycles. The van der Waals surface area contributed by atoms with Gasteiger partial charge in [-0.15, -0.1) is 0 Å². The van der Waals surface area contributed by atoms with Gasteiger partial charge in [-0.05, 0) is 13.0 Å². The van der Waals surface area contributed by atoms with Crippen molar-refractivity contribution >= 4 is 0 Å². The second-order valence-electron chi connectivity index (χ2n) is 2.11. The highest BCUT2D eigenvalue weighted by molar-refractivity contribution is 4.80. The van der Waals surface area contributed by atoms with E-state index in [-0.39, 0.29) is 6.17 Å². The van der Waals surface area contributed by atoms with Crippen LogP contribution < -0.4 is 11.2 Å². The van der Waals surface area contributed by atoms with Gasteiger partial charge in [0.15, 0.2) is 0 Å². The second-order valence-corrected chi connectivity index (χ2v) is 2.11. The monoisotopic (exact) mass is 138 g/mol. The van der Waals surface area contributed by atoms with Crippen molar-refractivity contribution in [2.75, 3.05) is 0 Å². The lowest BCUT2D eigenvalue weighted by Gasteiger charge is -2.08. The quantitative estimate of drug-likeness (QED) is 0.566. The Labute approximate surface area is 58.8 Å². The van der Waals surface area contributed by atoms with Crippen molar-refractivity contribution in [3.05, 3.63) is 24.1 Å². The summed E-state index contributed by atoms with van der Waals surface area (Å²) in [5.41, 5.74) is 5.90. The Bertz CT molecular complexity index is 262. The van der Waals surface area contributed by atoms with Crippen LogP contribution in [0.2, 0.25) is 0 Å². The van der Waals surface area contributed by atoms with E-state index in [2.05, 4.69) is 4.98 Å². The summed E-state index contributed by atoms with van der Waals surface area (Å²) in [5, 5.41) is 7.34. The molecule has 0 bridgehead atoms. The van der Waals surface area contributed by atoms with Gasteiger partial charge in [-0.25, -0.2) is 4.98 Å². The predicted molar refractivity (Wildman–Crippen MR) is 37.0 cm³/mol. The molecular formula is C6H10N4. The topological polar surface area (TPSA) is 67.7 Å². The summed E-state index contributed by atoms with van der Waals surface area (Å²) in [6, 6.07) is 1.60. The molecule has 0 spiro atoms. The van der Waals surface area contributed by atoms with Gasteiger partial charge in [0.1, 0.15) is 5.49 Å². The fourth-order valence-electron chi connectivity index (χ4n) is 0.697. The molecule has 3 N–H and O–H groups in total. The van der Waals surface area contributed by atoms with E-state index in [1.165, 1.54) is 0 Å². The van der Waals surface area contributed by atoms with Crippen molar-refractivity contribution < 1.29 is 0 Å². The molecule has 54 valence electrons. The maximum Gasteiger partial charge on any atom is 0.128 e. The van der Waals surface area contributed by atoms with Crippen LogP contribution in [0.15, 0.2) is 18.6 Å². The lowest BCUT2D eigenvalue weighted by atomic mass is 10.5. The van der Waals surface area contributed by atoms with E-state index in [0.29, 0.717) is 5.49 Å². The van der Waals surface area contributed by atoms with E-state index in [1.807, 2.05) is 0 Å². The standard InChI is InChI=1S/C6H10N4/c1-5(7)10-4-9-3-2-6(10)8/h2-5,8H,7H2,1H3. The number of nitrogens with zero attached hydrogens (tertiary/aromatic N) is 2. The Morgan fingerprint density at radius 3 is 2.90 bits per heavy atom. The average Bonchev–Trinajstić information content (AvgIpc) is 1.88. The number of rotatable bonds is 1. The Morgan fingerprint density at radius 1 is 1.80 bits per heavy atom. The summed E-state index contributed by atoms with van der Waals surface area (Å²) in [5.74, 6) is 0. The minimum atomic E-state index is -0.179. The molecule has 0 radical (unpaired) electrons. The van der Waals surface area contributed by atoms with Gasteiger partial charge >= 0.3 is 0 Å². The Morgan fingerprint density at radius 2 is 2.50 bits per heavy atom. The Hall–Kier alpha value is -1.16. The summed E-state index contributed by atoms with van der Waals surface area (Å²) < 4.78 is 1.58. The van der Waals surface area contributed by atoms with Crippen LogP contribution in [-0.2, 0) is 0 Å². The zero-order chi connectivity index (χ0) is 7.56. The van der Waals surface area contributed by atoms with Gasteiger partial charge in [0.2, 0.25) is 0 Å². The first-order valence-corrected chi connectivity index (χ1v) is 3.04. The van der Waals surface area contributed by atoms with Crippen molar-refractivity contribution in [1.82, 2.24) is 9.55 Å². The smallest absolute Gasteiger partial charge is 0.128 e. The van der Waals surface area contributed by atoms with Crippen molar-refractivity contribution in [2.24, 2.45) is 5.73 Å². The van der Waals surface area contributed by atoms with E-state index in [9.17, 15) is 0 Å². The summed E-state index contributed by atoms with van der Waals surface area (Å²) >= 11 is 0. The van der Waals surface area contributed by atoms with Gasteiger partial charge < -0.3 is 10.3 Å². The Balaban J connectivity index is 3.16. The highest BCUT2D eigenvalue weighted by atomic mass is 15.1. The normalized spacial score (nSPS) is 13.0. The van der Waals surface area contributed by atoms with Crippen molar-refractivity contribution in [3.63, 3.8) is 0 Å². The molecule has 1 atom stereocenters. The third kappa shape index (κ3) is 1.22. The second kappa shape index (κ2) is 2.62. The van der Waals surface area contributed by atoms with Gasteiger partial charge in [0.25, 0.3) is 0 Å². The summed E-state index contributed by atoms with van der Waals surface area (Å²) in [6.07, 6.45) is 2.94. The maximum absolute atomic E-state index is 7.34. The van der Waals surface area contributed by atoms with Crippen molar-refractivity contribution in [3.8, 4) is 0 Å². The van der Waals surface area contributed by atoms with Gasteiger partial charge in [-0.2, -0.15) is 0 Å². The van der Waals surface area contributed by atoms with Crippen molar-refractivity contribution in [1.29, 1.82) is 5.41 Å². The molecule has 1 heterocycles. The molecule has 0 amide bonds. The van der Waals surface area contributed by atoms with Gasteiger partial charge in [0.05, 0.1) is 12.5 Å². The zero-order valence-electron chi connectivity index (χ0n) is 5.78. The van der Waals surface area contributed by atoms with Gasteiger partial charge in [0, 0.05) is 6.20 Å². The highest BCUT2D eigenvalue weighted by Gasteiger charge is 1.94. The minimum absolute atomic E-state index is 0.179. The minimum Gasteiger partial charge on any atom is -0.311 e. The molecule has 4 heteroatoms. The van der Waals surface area contributed by atoms with Crippen LogP contribution in [0.25, 0.3) is 0 Å². The van der Waals surface area contributed by atoms with Gasteiger partial charge in [-0.3, -0.25) is 5.41 Å². The molecule has 0 aliphatic rings. The van der Waals surface area contributed by atoms with Crippen LogP contribution >= 0.6 is 0 Å². The molecule has 0 saturated heterocycles. The maximum atomic E-state index is 7.34. The van der Waals surface area contributed by atoms with E-state index < -0.39 is 0 Å². The first-order chi connectivity index (χ1) is 4.72. The van der Waals surface area contributed by atoms with Crippen LogP contribution in [-0.4, -0.2) is 9.55 Å². The molecular weight excluding hydrogens is 128 g/mol. The lowest BCUT2D eigenvalue weighted by molar-refractivity contribution is 0.530. The van der Waals surface area contributed by atoms with Gasteiger partial charge in [-0.1, -0.05) is 0 Å². The fourth-order valence-corrected chi connectivity index (χ4v) is 0.697. The van der Waals surface area contributed by atoms with E-state index in [1.54, 1.807) is 30.1 Å². The van der Waals surface area contributed by atoms with E-state index in [0.717, 1.165) is 0 Å². The molecule has 1 unspecified atom stereocenters. The zero-order valence-corrected chi connectivity index (χ0v) is 5.78. The van der Waals surface area contributed by atoms with E-state index >= 15 is 0 Å². The SMILES string of the molecule is CC(N)n1cnccc1=N.